The number of likely N-dealkylation sites (tertiary alicyclic amines) is 2. The van der Waals surface area contributed by atoms with Crippen LogP contribution in [0, 0.1) is 11.8 Å². The number of carbonyl (C=O) groups excluding carboxylic acids is 2. The second-order valence-corrected chi connectivity index (χ2v) is 16.5. The standard InChI is InChI=1S/C45H56N6O4/c1-7-26(2)19-41(52)50-24-29(25-54-5)21-40(50)44-46-23-38(48-44)36-16-15-32(34-9-8-10-35(34)36)30-12-14-33-31(22-30)13-17-37-43(33)49-45(47-37)39-18-11-27(3)51(39)42(53)20-28(4)55-6/h12-17,22-23,26-29,39-40H,7-11,18-21,24-25H2,1-6H3,(H,46,48)(H,47,49)/t26-,27-,28+,29-,39-,40-/m0/s1. The summed E-state index contributed by atoms with van der Waals surface area (Å²) in [6.45, 7) is 9.72. The smallest absolute Gasteiger partial charge is 0.226 e. The number of aromatic nitrogens is 4. The van der Waals surface area contributed by atoms with Gasteiger partial charge < -0.3 is 29.2 Å². The van der Waals surface area contributed by atoms with E-state index >= 15 is 0 Å². The zero-order valence-electron chi connectivity index (χ0n) is 33.3. The fourth-order valence-electron chi connectivity index (χ4n) is 9.50. The lowest BCUT2D eigenvalue weighted by Gasteiger charge is -2.28. The molecule has 0 saturated carbocycles. The van der Waals surface area contributed by atoms with E-state index in [1.54, 1.807) is 14.2 Å². The maximum absolute atomic E-state index is 13.5. The van der Waals surface area contributed by atoms with Gasteiger partial charge in [0.1, 0.15) is 11.6 Å². The van der Waals surface area contributed by atoms with E-state index < -0.39 is 0 Å². The highest BCUT2D eigenvalue weighted by Crippen LogP contribution is 2.42. The van der Waals surface area contributed by atoms with Crippen LogP contribution in [0.1, 0.15) is 108 Å². The zero-order chi connectivity index (χ0) is 38.4. The summed E-state index contributed by atoms with van der Waals surface area (Å²) in [6, 6.07) is 15.6. The average Bonchev–Trinajstić information content (AvgIpc) is 4.03. The second-order valence-electron chi connectivity index (χ2n) is 16.5. The van der Waals surface area contributed by atoms with Crippen molar-refractivity contribution in [3.05, 3.63) is 71.4 Å². The number of ether oxygens (including phenoxy) is 2. The molecule has 5 aromatic rings. The number of nitrogens with one attached hydrogen (secondary N) is 2. The molecule has 55 heavy (non-hydrogen) atoms. The summed E-state index contributed by atoms with van der Waals surface area (Å²) in [5.41, 5.74) is 9.44. The molecular weight excluding hydrogens is 689 g/mol. The predicted molar refractivity (Wildman–Crippen MR) is 217 cm³/mol. The molecule has 2 amide bonds. The minimum Gasteiger partial charge on any atom is -0.384 e. The van der Waals surface area contributed by atoms with Gasteiger partial charge in [-0.3, -0.25) is 9.59 Å². The molecule has 10 nitrogen and oxygen atoms in total. The van der Waals surface area contributed by atoms with E-state index in [1.165, 1.54) is 27.8 Å². The molecule has 0 spiro atoms. The van der Waals surface area contributed by atoms with Crippen LogP contribution in [0.15, 0.2) is 48.7 Å². The fourth-order valence-corrected chi connectivity index (χ4v) is 9.50. The lowest BCUT2D eigenvalue weighted by atomic mass is 9.91. The van der Waals surface area contributed by atoms with Crippen LogP contribution in [-0.4, -0.2) is 81.1 Å². The predicted octanol–water partition coefficient (Wildman–Crippen LogP) is 8.71. The number of nitrogens with zero attached hydrogens (tertiary/aromatic N) is 4. The van der Waals surface area contributed by atoms with Crippen molar-refractivity contribution >= 4 is 33.6 Å². The highest BCUT2D eigenvalue weighted by Gasteiger charge is 2.39. The Morgan fingerprint density at radius 3 is 2.51 bits per heavy atom. The van der Waals surface area contributed by atoms with Gasteiger partial charge in [-0.25, -0.2) is 9.97 Å². The Morgan fingerprint density at radius 1 is 0.927 bits per heavy atom. The van der Waals surface area contributed by atoms with Gasteiger partial charge in [0.15, 0.2) is 0 Å². The van der Waals surface area contributed by atoms with Crippen LogP contribution >= 0.6 is 0 Å². The van der Waals surface area contributed by atoms with E-state index in [4.69, 9.17) is 19.4 Å². The Morgan fingerprint density at radius 2 is 1.73 bits per heavy atom. The third-order valence-corrected chi connectivity index (χ3v) is 12.8. The van der Waals surface area contributed by atoms with Gasteiger partial charge in [-0.2, -0.15) is 0 Å². The van der Waals surface area contributed by atoms with E-state index in [0.717, 1.165) is 84.1 Å². The average molecular weight is 745 g/mol. The summed E-state index contributed by atoms with van der Waals surface area (Å²) >= 11 is 0. The molecule has 1 aliphatic carbocycles. The normalized spacial score (nSPS) is 22.2. The van der Waals surface area contributed by atoms with E-state index in [-0.39, 0.29) is 36.0 Å². The van der Waals surface area contributed by atoms with Gasteiger partial charge >= 0.3 is 0 Å². The molecule has 2 saturated heterocycles. The van der Waals surface area contributed by atoms with Crippen LogP contribution in [0.5, 0.6) is 0 Å². The molecule has 6 atom stereocenters. The number of aromatic amines is 2. The first kappa shape index (κ1) is 37.4. The van der Waals surface area contributed by atoms with E-state index in [1.807, 2.05) is 22.9 Å². The molecule has 290 valence electrons. The van der Waals surface area contributed by atoms with Gasteiger partial charge in [0.25, 0.3) is 0 Å². The van der Waals surface area contributed by atoms with Gasteiger partial charge in [-0.05, 0) is 98.1 Å². The number of benzene rings is 3. The molecule has 4 heterocycles. The maximum Gasteiger partial charge on any atom is 0.226 e. The maximum atomic E-state index is 13.5. The number of amides is 2. The quantitative estimate of drug-likeness (QED) is 0.132. The van der Waals surface area contributed by atoms with Gasteiger partial charge in [0, 0.05) is 50.1 Å². The van der Waals surface area contributed by atoms with Crippen LogP contribution in [0.4, 0.5) is 0 Å². The van der Waals surface area contributed by atoms with Gasteiger partial charge in [0.05, 0.1) is 54.1 Å². The first-order valence-electron chi connectivity index (χ1n) is 20.4. The van der Waals surface area contributed by atoms with Crippen molar-refractivity contribution in [3.8, 4) is 22.4 Å². The Bertz CT molecular complexity index is 2210. The SMILES string of the molecule is CC[C@H](C)CC(=O)N1C[C@@H](COC)C[C@H]1c1ncc(-c2ccc(-c3ccc4c(ccc5[nH]c([C@@H]6CC[C@H](C)N6C(=O)C[C@@H](C)OC)nc54)c3)c3c2CCC3)[nH]1. The number of carbonyl (C=O) groups is 2. The Hall–Kier alpha value is -4.54. The van der Waals surface area contributed by atoms with Crippen LogP contribution in [0.3, 0.4) is 0 Å². The van der Waals surface area contributed by atoms with E-state index in [2.05, 4.69) is 73.2 Å². The number of rotatable bonds is 12. The largest absolute Gasteiger partial charge is 0.384 e. The summed E-state index contributed by atoms with van der Waals surface area (Å²) in [7, 11) is 3.39. The summed E-state index contributed by atoms with van der Waals surface area (Å²) in [6.07, 6.45) is 9.65. The minimum atomic E-state index is -0.120. The summed E-state index contributed by atoms with van der Waals surface area (Å²) < 4.78 is 10.9. The number of hydrogen-bond donors (Lipinski definition) is 2. The Kier molecular flexibility index (Phi) is 10.6. The topological polar surface area (TPSA) is 116 Å². The third kappa shape index (κ3) is 7.08. The number of fused-ring (bicyclic) bond motifs is 4. The lowest BCUT2D eigenvalue weighted by Crippen LogP contribution is -2.37. The third-order valence-electron chi connectivity index (χ3n) is 12.8. The second kappa shape index (κ2) is 15.5. The van der Waals surface area contributed by atoms with E-state index in [0.29, 0.717) is 37.8 Å². The van der Waals surface area contributed by atoms with Crippen LogP contribution in [0.25, 0.3) is 44.2 Å². The Balaban J connectivity index is 1.07. The molecule has 2 N–H and O–H groups in total. The van der Waals surface area contributed by atoms with Crippen molar-refractivity contribution in [2.24, 2.45) is 11.8 Å². The Labute approximate surface area is 324 Å². The molecule has 10 heteroatoms. The summed E-state index contributed by atoms with van der Waals surface area (Å²) in [5.74, 6) is 2.71. The van der Waals surface area contributed by atoms with E-state index in [9.17, 15) is 9.59 Å². The van der Waals surface area contributed by atoms with Crippen molar-refractivity contribution in [1.82, 2.24) is 29.7 Å². The molecule has 0 unspecified atom stereocenters. The summed E-state index contributed by atoms with van der Waals surface area (Å²) in [5, 5.41) is 2.25. The molecule has 0 bridgehead atoms. The van der Waals surface area contributed by atoms with Crippen molar-refractivity contribution in [2.75, 3.05) is 27.4 Å². The molecule has 3 aliphatic rings. The van der Waals surface area contributed by atoms with Gasteiger partial charge in [-0.1, -0.05) is 50.6 Å². The molecule has 0 radical (unpaired) electrons. The van der Waals surface area contributed by atoms with Gasteiger partial charge in [0.2, 0.25) is 11.8 Å². The molecule has 3 aromatic carbocycles. The minimum absolute atomic E-state index is 0.0675. The van der Waals surface area contributed by atoms with Crippen molar-refractivity contribution in [1.29, 1.82) is 0 Å². The van der Waals surface area contributed by atoms with Crippen molar-refractivity contribution in [2.45, 2.75) is 110 Å². The first-order chi connectivity index (χ1) is 26.7. The molecule has 8 rings (SSSR count). The number of H-pyrrole nitrogens is 2. The fraction of sp³-hybridized carbons (Fsp3) is 0.511. The monoisotopic (exact) mass is 744 g/mol. The lowest BCUT2D eigenvalue weighted by molar-refractivity contribution is -0.136. The number of hydrogen-bond acceptors (Lipinski definition) is 6. The molecule has 2 fully saturated rings. The highest BCUT2D eigenvalue weighted by atomic mass is 16.5. The van der Waals surface area contributed by atoms with Crippen LogP contribution < -0.4 is 0 Å². The highest BCUT2D eigenvalue weighted by molar-refractivity contribution is 6.05. The van der Waals surface area contributed by atoms with Crippen LogP contribution in [-0.2, 0) is 31.9 Å². The van der Waals surface area contributed by atoms with Crippen LogP contribution in [0.2, 0.25) is 0 Å². The molecule has 2 aliphatic heterocycles. The van der Waals surface area contributed by atoms with Gasteiger partial charge in [-0.15, -0.1) is 0 Å². The number of imidazole rings is 2. The molecular formula is C45H56N6O4. The zero-order valence-corrected chi connectivity index (χ0v) is 33.3. The first-order valence-corrected chi connectivity index (χ1v) is 20.4. The van der Waals surface area contributed by atoms with Crippen molar-refractivity contribution < 1.29 is 19.1 Å². The van der Waals surface area contributed by atoms with Crippen molar-refractivity contribution in [3.63, 3.8) is 0 Å². The molecule has 2 aromatic heterocycles. The summed E-state index contributed by atoms with van der Waals surface area (Å²) in [4.78, 5) is 48.2. The number of methoxy groups -OCH3 is 2.